The van der Waals surface area contributed by atoms with E-state index in [0.717, 1.165) is 26.3 Å². The van der Waals surface area contributed by atoms with Gasteiger partial charge in [-0.25, -0.2) is 0 Å². The average molecular weight is 211 g/mol. The topological polar surface area (TPSA) is 29.5 Å². The number of nitrogens with zero attached hydrogens (tertiary/aromatic N) is 1. The fraction of sp³-hybridized carbons (Fsp3) is 0.917. The van der Waals surface area contributed by atoms with Gasteiger partial charge in [0.2, 0.25) is 5.91 Å². The van der Waals surface area contributed by atoms with Gasteiger partial charge in [0, 0.05) is 25.4 Å². The number of ether oxygens (including phenoxy) is 1. The molecular weight excluding hydrogens is 190 g/mol. The molecule has 2 saturated heterocycles. The Bertz CT molecular complexity index is 236. The van der Waals surface area contributed by atoms with E-state index in [1.165, 1.54) is 6.42 Å². The number of hydrogen-bond donors (Lipinski definition) is 0. The molecule has 3 nitrogen and oxygen atoms in total. The van der Waals surface area contributed by atoms with Gasteiger partial charge in [0.15, 0.2) is 0 Å². The van der Waals surface area contributed by atoms with Gasteiger partial charge in [0.05, 0.1) is 13.2 Å². The second-order valence-electron chi connectivity index (χ2n) is 5.24. The second kappa shape index (κ2) is 4.52. The Morgan fingerprint density at radius 2 is 2.20 bits per heavy atom. The van der Waals surface area contributed by atoms with Crippen molar-refractivity contribution in [3.8, 4) is 0 Å². The van der Waals surface area contributed by atoms with E-state index in [1.807, 2.05) is 4.90 Å². The predicted octanol–water partition coefficient (Wildman–Crippen LogP) is 1.53. The van der Waals surface area contributed by atoms with Crippen LogP contribution < -0.4 is 0 Å². The number of amides is 1. The standard InChI is InChI=1S/C12H21NO2/c1-9(2)11-3-4-13(6-11)12(14)5-10-7-15-8-10/h9-11H,3-8H2,1-2H3. The van der Waals surface area contributed by atoms with E-state index in [9.17, 15) is 4.79 Å². The Balaban J connectivity index is 1.76. The zero-order chi connectivity index (χ0) is 10.8. The lowest BCUT2D eigenvalue weighted by Gasteiger charge is -2.27. The fourth-order valence-corrected chi connectivity index (χ4v) is 2.34. The largest absolute Gasteiger partial charge is 0.381 e. The lowest BCUT2D eigenvalue weighted by Crippen LogP contribution is -2.36. The van der Waals surface area contributed by atoms with Gasteiger partial charge >= 0.3 is 0 Å². The van der Waals surface area contributed by atoms with Crippen molar-refractivity contribution >= 4 is 5.91 Å². The highest BCUT2D eigenvalue weighted by molar-refractivity contribution is 5.76. The van der Waals surface area contributed by atoms with Crippen molar-refractivity contribution in [2.45, 2.75) is 26.7 Å². The molecule has 15 heavy (non-hydrogen) atoms. The summed E-state index contributed by atoms with van der Waals surface area (Å²) >= 11 is 0. The van der Waals surface area contributed by atoms with E-state index >= 15 is 0 Å². The molecule has 0 aromatic carbocycles. The van der Waals surface area contributed by atoms with Crippen LogP contribution in [0.4, 0.5) is 0 Å². The zero-order valence-electron chi connectivity index (χ0n) is 9.74. The molecule has 0 spiro atoms. The lowest BCUT2D eigenvalue weighted by molar-refractivity contribution is -0.135. The SMILES string of the molecule is CC(C)C1CCN(C(=O)CC2COC2)C1. The van der Waals surface area contributed by atoms with Gasteiger partial charge in [-0.05, 0) is 18.3 Å². The summed E-state index contributed by atoms with van der Waals surface area (Å²) in [6.07, 6.45) is 1.88. The van der Waals surface area contributed by atoms with Crippen molar-refractivity contribution in [1.82, 2.24) is 4.90 Å². The molecule has 2 aliphatic heterocycles. The molecule has 1 amide bonds. The molecule has 2 rings (SSSR count). The van der Waals surface area contributed by atoms with Gasteiger partial charge in [0.25, 0.3) is 0 Å². The first-order valence-electron chi connectivity index (χ1n) is 6.02. The predicted molar refractivity (Wildman–Crippen MR) is 58.5 cm³/mol. The highest BCUT2D eigenvalue weighted by atomic mass is 16.5. The molecule has 0 bridgehead atoms. The molecule has 0 aliphatic carbocycles. The van der Waals surface area contributed by atoms with Crippen molar-refractivity contribution in [2.24, 2.45) is 17.8 Å². The van der Waals surface area contributed by atoms with E-state index < -0.39 is 0 Å². The van der Waals surface area contributed by atoms with Crippen molar-refractivity contribution in [2.75, 3.05) is 26.3 Å². The van der Waals surface area contributed by atoms with Crippen LogP contribution in [0.5, 0.6) is 0 Å². The third-order valence-corrected chi connectivity index (χ3v) is 3.69. The summed E-state index contributed by atoms with van der Waals surface area (Å²) in [4.78, 5) is 13.9. The van der Waals surface area contributed by atoms with Crippen LogP contribution >= 0.6 is 0 Å². The van der Waals surface area contributed by atoms with E-state index in [2.05, 4.69) is 13.8 Å². The third-order valence-electron chi connectivity index (χ3n) is 3.69. The molecule has 3 heteroatoms. The van der Waals surface area contributed by atoms with Crippen LogP contribution in [0.15, 0.2) is 0 Å². The quantitative estimate of drug-likeness (QED) is 0.708. The van der Waals surface area contributed by atoms with Crippen LogP contribution in [-0.2, 0) is 9.53 Å². The van der Waals surface area contributed by atoms with E-state index in [-0.39, 0.29) is 0 Å². The van der Waals surface area contributed by atoms with Crippen LogP contribution in [0.25, 0.3) is 0 Å². The van der Waals surface area contributed by atoms with Crippen LogP contribution in [0.2, 0.25) is 0 Å². The summed E-state index contributed by atoms with van der Waals surface area (Å²) in [6.45, 7) is 8.01. The molecule has 0 aromatic rings. The number of likely N-dealkylation sites (tertiary alicyclic amines) is 1. The maximum atomic E-state index is 11.9. The highest BCUT2D eigenvalue weighted by Crippen LogP contribution is 2.25. The molecule has 0 saturated carbocycles. The van der Waals surface area contributed by atoms with Gasteiger partial charge in [-0.1, -0.05) is 13.8 Å². The molecule has 2 aliphatic rings. The summed E-state index contributed by atoms with van der Waals surface area (Å²) < 4.78 is 5.09. The zero-order valence-corrected chi connectivity index (χ0v) is 9.74. The summed E-state index contributed by atoms with van der Waals surface area (Å²) in [5.74, 6) is 2.25. The molecule has 0 N–H and O–H groups in total. The molecule has 1 unspecified atom stereocenters. The van der Waals surface area contributed by atoms with Gasteiger partial charge in [0.1, 0.15) is 0 Å². The van der Waals surface area contributed by atoms with Crippen molar-refractivity contribution in [3.63, 3.8) is 0 Å². The van der Waals surface area contributed by atoms with Crippen molar-refractivity contribution in [1.29, 1.82) is 0 Å². The second-order valence-corrected chi connectivity index (χ2v) is 5.24. The summed E-state index contributed by atoms with van der Waals surface area (Å²) in [6, 6.07) is 0. The number of hydrogen-bond acceptors (Lipinski definition) is 2. The van der Waals surface area contributed by atoms with E-state index in [4.69, 9.17) is 4.74 Å². The normalized spacial score (nSPS) is 27.1. The minimum atomic E-state index is 0.339. The molecular formula is C12H21NO2. The van der Waals surface area contributed by atoms with Crippen molar-refractivity contribution < 1.29 is 9.53 Å². The Hall–Kier alpha value is -0.570. The average Bonchev–Trinajstić information content (AvgIpc) is 2.59. The third kappa shape index (κ3) is 2.51. The monoisotopic (exact) mass is 211 g/mol. The fourth-order valence-electron chi connectivity index (χ4n) is 2.34. The minimum absolute atomic E-state index is 0.339. The van der Waals surface area contributed by atoms with E-state index in [1.54, 1.807) is 0 Å². The summed E-state index contributed by atoms with van der Waals surface area (Å²) in [5, 5.41) is 0. The highest BCUT2D eigenvalue weighted by Gasteiger charge is 2.30. The first-order valence-corrected chi connectivity index (χ1v) is 6.02. The Morgan fingerprint density at radius 1 is 1.47 bits per heavy atom. The maximum Gasteiger partial charge on any atom is 0.223 e. The molecule has 2 fully saturated rings. The summed E-state index contributed by atoms with van der Waals surface area (Å²) in [7, 11) is 0. The van der Waals surface area contributed by atoms with Gasteiger partial charge in [-0.3, -0.25) is 4.79 Å². The molecule has 0 aromatic heterocycles. The first kappa shape index (κ1) is 10.9. The van der Waals surface area contributed by atoms with Crippen LogP contribution in [0.1, 0.15) is 26.7 Å². The van der Waals surface area contributed by atoms with Crippen LogP contribution in [-0.4, -0.2) is 37.1 Å². The maximum absolute atomic E-state index is 11.9. The molecule has 0 radical (unpaired) electrons. The smallest absolute Gasteiger partial charge is 0.223 e. The molecule has 86 valence electrons. The first-order chi connectivity index (χ1) is 7.16. The number of carbonyl (C=O) groups is 1. The van der Waals surface area contributed by atoms with Gasteiger partial charge < -0.3 is 9.64 Å². The van der Waals surface area contributed by atoms with Crippen LogP contribution in [0.3, 0.4) is 0 Å². The van der Waals surface area contributed by atoms with E-state index in [0.29, 0.717) is 30.1 Å². The van der Waals surface area contributed by atoms with Crippen molar-refractivity contribution in [3.05, 3.63) is 0 Å². The Kier molecular flexibility index (Phi) is 3.29. The lowest BCUT2D eigenvalue weighted by atomic mass is 9.95. The van der Waals surface area contributed by atoms with Crippen LogP contribution in [0, 0.1) is 17.8 Å². The molecule has 2 heterocycles. The van der Waals surface area contributed by atoms with Gasteiger partial charge in [-0.15, -0.1) is 0 Å². The Morgan fingerprint density at radius 3 is 2.67 bits per heavy atom. The minimum Gasteiger partial charge on any atom is -0.381 e. The Labute approximate surface area is 91.8 Å². The van der Waals surface area contributed by atoms with Gasteiger partial charge in [-0.2, -0.15) is 0 Å². The number of carbonyl (C=O) groups excluding carboxylic acids is 1. The molecule has 1 atom stereocenters. The summed E-state index contributed by atoms with van der Waals surface area (Å²) in [5.41, 5.74) is 0. The number of rotatable bonds is 3.